The first-order valence-electron chi connectivity index (χ1n) is 21.7. The van der Waals surface area contributed by atoms with Crippen LogP contribution in [0.3, 0.4) is 0 Å². The van der Waals surface area contributed by atoms with Crippen LogP contribution in [-0.2, 0) is 5.41 Å². The second kappa shape index (κ2) is 15.0. The van der Waals surface area contributed by atoms with Gasteiger partial charge in [0.05, 0.1) is 11.0 Å². The Morgan fingerprint density at radius 1 is 0.438 bits per heavy atom. The molecule has 0 radical (unpaired) electrons. The second-order valence-electron chi connectivity index (χ2n) is 16.9. The average Bonchev–Trinajstić information content (AvgIpc) is 3.82. The highest BCUT2D eigenvalue weighted by atomic mass is 15.2. The summed E-state index contributed by atoms with van der Waals surface area (Å²) < 4.78 is 2.18. The van der Waals surface area contributed by atoms with Crippen molar-refractivity contribution in [2.75, 3.05) is 0 Å². The first-order valence-corrected chi connectivity index (χ1v) is 21.7. The number of amidine groups is 2. The molecule has 2 aliphatic rings. The number of aromatic nitrogens is 4. The quantitative estimate of drug-likeness (QED) is 0.174. The SMILES string of the molecule is CC1(C)c2cc(-c3ccc4c(c3)c3ccccc3n4-c3nc(-c4ccccc4)nc(-c4ccccc4)n3)ccc2-c2c(C3N=C(c4ccccc4)NC(c4ccccc4)=N3)cccc21. The summed E-state index contributed by atoms with van der Waals surface area (Å²) in [4.78, 5) is 25.8. The minimum atomic E-state index is -0.431. The van der Waals surface area contributed by atoms with Crippen LogP contribution in [0.15, 0.2) is 210 Å². The molecule has 7 heteroatoms. The molecule has 10 aromatic rings. The van der Waals surface area contributed by atoms with E-state index in [-0.39, 0.29) is 5.41 Å². The van der Waals surface area contributed by atoms with Crippen LogP contribution in [0, 0.1) is 0 Å². The molecule has 304 valence electrons. The normalized spacial score (nSPS) is 14.2. The first-order chi connectivity index (χ1) is 31.5. The fourth-order valence-corrected chi connectivity index (χ4v) is 9.55. The van der Waals surface area contributed by atoms with Crippen molar-refractivity contribution >= 4 is 33.5 Å². The van der Waals surface area contributed by atoms with Crippen molar-refractivity contribution in [2.24, 2.45) is 9.98 Å². The van der Waals surface area contributed by atoms with E-state index in [2.05, 4.69) is 127 Å². The van der Waals surface area contributed by atoms with E-state index in [0.717, 1.165) is 72.4 Å². The molecule has 0 atom stereocenters. The highest BCUT2D eigenvalue weighted by Gasteiger charge is 2.38. The summed E-state index contributed by atoms with van der Waals surface area (Å²) in [6.45, 7) is 4.67. The molecule has 64 heavy (non-hydrogen) atoms. The van der Waals surface area contributed by atoms with E-state index in [9.17, 15) is 0 Å². The number of nitrogens with one attached hydrogen (secondary N) is 1. The molecule has 0 saturated carbocycles. The lowest BCUT2D eigenvalue weighted by Gasteiger charge is -2.25. The molecule has 0 fully saturated rings. The van der Waals surface area contributed by atoms with Crippen molar-refractivity contribution in [1.82, 2.24) is 24.8 Å². The van der Waals surface area contributed by atoms with Gasteiger partial charge >= 0.3 is 0 Å². The maximum absolute atomic E-state index is 5.28. The summed E-state index contributed by atoms with van der Waals surface area (Å²) in [6, 6.07) is 69.8. The molecule has 12 rings (SSSR count). The van der Waals surface area contributed by atoms with Gasteiger partial charge in [-0.05, 0) is 57.6 Å². The molecule has 7 nitrogen and oxygen atoms in total. The Morgan fingerprint density at radius 2 is 0.969 bits per heavy atom. The van der Waals surface area contributed by atoms with Gasteiger partial charge in [-0.25, -0.2) is 15.0 Å². The van der Waals surface area contributed by atoms with E-state index in [1.165, 1.54) is 22.3 Å². The van der Waals surface area contributed by atoms with Gasteiger partial charge in [-0.3, -0.25) is 4.57 Å². The van der Waals surface area contributed by atoms with Crippen molar-refractivity contribution in [1.29, 1.82) is 0 Å². The minimum Gasteiger partial charge on any atom is -0.324 e. The zero-order valence-electron chi connectivity index (χ0n) is 35.3. The molecule has 0 spiro atoms. The molecule has 0 bridgehead atoms. The summed E-state index contributed by atoms with van der Waals surface area (Å²) in [6.07, 6.45) is -0.431. The highest BCUT2D eigenvalue weighted by Crippen LogP contribution is 2.52. The van der Waals surface area contributed by atoms with E-state index >= 15 is 0 Å². The van der Waals surface area contributed by atoms with Gasteiger partial charge in [-0.15, -0.1) is 0 Å². The van der Waals surface area contributed by atoms with Crippen molar-refractivity contribution in [2.45, 2.75) is 25.4 Å². The van der Waals surface area contributed by atoms with Gasteiger partial charge in [-0.1, -0.05) is 190 Å². The van der Waals surface area contributed by atoms with Gasteiger partial charge in [0.2, 0.25) is 5.95 Å². The monoisotopic (exact) mass is 823 g/mol. The molecule has 1 N–H and O–H groups in total. The van der Waals surface area contributed by atoms with Crippen LogP contribution >= 0.6 is 0 Å². The van der Waals surface area contributed by atoms with Crippen molar-refractivity contribution < 1.29 is 0 Å². The topological polar surface area (TPSA) is 80.3 Å². The van der Waals surface area contributed by atoms with Gasteiger partial charge in [0.15, 0.2) is 17.8 Å². The maximum Gasteiger partial charge on any atom is 0.238 e. The number of aliphatic imine (C=N–C) groups is 2. The van der Waals surface area contributed by atoms with Crippen LogP contribution < -0.4 is 5.32 Å². The first kappa shape index (κ1) is 37.5. The Morgan fingerprint density at radius 3 is 1.59 bits per heavy atom. The standard InChI is InChI=1S/C57H41N7/c1-57(2)46-28-17-27-44(55-60-51(36-18-7-3-8-19-36)58-52(61-55)37-20-9-4-10-21-37)50(46)43-32-30-41(35-47(43)57)40-31-33-49-45(34-40)42-26-15-16-29-48(42)64(49)56-62-53(38-22-11-5-12-23-38)59-54(63-56)39-24-13-6-14-25-39/h3-35,55H,1-2H3,(H,58,60,61). The molecule has 0 saturated heterocycles. The Kier molecular flexibility index (Phi) is 8.76. The predicted octanol–water partition coefficient (Wildman–Crippen LogP) is 12.8. The zero-order chi connectivity index (χ0) is 42.8. The van der Waals surface area contributed by atoms with Gasteiger partial charge in [0, 0.05) is 44.0 Å². The predicted molar refractivity (Wildman–Crippen MR) is 260 cm³/mol. The van der Waals surface area contributed by atoms with Gasteiger partial charge in [0.25, 0.3) is 0 Å². The zero-order valence-corrected chi connectivity index (χ0v) is 35.3. The third-order valence-electron chi connectivity index (χ3n) is 12.7. The van der Waals surface area contributed by atoms with Gasteiger partial charge in [0.1, 0.15) is 11.7 Å². The van der Waals surface area contributed by atoms with Crippen molar-refractivity contribution in [3.8, 4) is 51.0 Å². The molecule has 0 unspecified atom stereocenters. The Balaban J connectivity index is 0.975. The summed E-state index contributed by atoms with van der Waals surface area (Å²) in [5.74, 6) is 3.46. The lowest BCUT2D eigenvalue weighted by atomic mass is 9.81. The number of rotatable bonds is 7. The lowest BCUT2D eigenvalue weighted by Crippen LogP contribution is -2.36. The molecule has 1 aliphatic carbocycles. The number of fused-ring (bicyclic) bond motifs is 6. The van der Waals surface area contributed by atoms with E-state index in [1.807, 2.05) is 97.1 Å². The second-order valence-corrected chi connectivity index (χ2v) is 16.9. The third kappa shape index (κ3) is 6.23. The number of hydrogen-bond acceptors (Lipinski definition) is 6. The number of para-hydroxylation sites is 1. The lowest BCUT2D eigenvalue weighted by molar-refractivity contribution is 0.658. The molecule has 0 amide bonds. The molecular formula is C57H41N7. The fourth-order valence-electron chi connectivity index (χ4n) is 9.55. The van der Waals surface area contributed by atoms with Crippen molar-refractivity contribution in [3.05, 3.63) is 228 Å². The maximum atomic E-state index is 5.28. The summed E-state index contributed by atoms with van der Waals surface area (Å²) in [5, 5.41) is 5.82. The molecule has 3 heterocycles. The molecule has 8 aromatic carbocycles. The Bertz CT molecular complexity index is 3370. The van der Waals surface area contributed by atoms with Gasteiger partial charge in [-0.2, -0.15) is 9.97 Å². The summed E-state index contributed by atoms with van der Waals surface area (Å²) >= 11 is 0. The van der Waals surface area contributed by atoms with Gasteiger partial charge < -0.3 is 5.32 Å². The number of nitrogens with zero attached hydrogens (tertiary/aromatic N) is 6. The van der Waals surface area contributed by atoms with Crippen LogP contribution in [0.2, 0.25) is 0 Å². The largest absolute Gasteiger partial charge is 0.324 e. The fraction of sp³-hybridized carbons (Fsp3) is 0.0702. The third-order valence-corrected chi connectivity index (χ3v) is 12.7. The van der Waals surface area contributed by atoms with E-state index in [0.29, 0.717) is 17.6 Å². The van der Waals surface area contributed by atoms with Crippen LogP contribution in [-0.4, -0.2) is 31.2 Å². The van der Waals surface area contributed by atoms with Crippen molar-refractivity contribution in [3.63, 3.8) is 0 Å². The molecule has 1 aliphatic heterocycles. The highest BCUT2D eigenvalue weighted by molar-refractivity contribution is 6.16. The average molecular weight is 824 g/mol. The van der Waals surface area contributed by atoms with E-state index in [4.69, 9.17) is 24.9 Å². The molecular weight excluding hydrogens is 783 g/mol. The number of benzene rings is 8. The minimum absolute atomic E-state index is 0.257. The smallest absolute Gasteiger partial charge is 0.238 e. The Labute approximate surface area is 371 Å². The van der Waals surface area contributed by atoms with Crippen LogP contribution in [0.25, 0.3) is 72.8 Å². The van der Waals surface area contributed by atoms with E-state index in [1.54, 1.807) is 0 Å². The number of hydrogen-bond donors (Lipinski definition) is 1. The Hall–Kier alpha value is -8.29. The van der Waals surface area contributed by atoms with Crippen LogP contribution in [0.4, 0.5) is 0 Å². The summed E-state index contributed by atoms with van der Waals surface area (Å²) in [7, 11) is 0. The summed E-state index contributed by atoms with van der Waals surface area (Å²) in [5.41, 5.74) is 14.1. The van der Waals surface area contributed by atoms with E-state index < -0.39 is 6.17 Å². The van der Waals surface area contributed by atoms with Crippen LogP contribution in [0.1, 0.15) is 47.8 Å². The van der Waals surface area contributed by atoms with Crippen LogP contribution in [0.5, 0.6) is 0 Å². The molecule has 2 aromatic heterocycles.